The lowest BCUT2D eigenvalue weighted by molar-refractivity contribution is 0.0565. The third-order valence-electron chi connectivity index (χ3n) is 4.83. The van der Waals surface area contributed by atoms with E-state index in [9.17, 15) is 0 Å². The first-order valence-electron chi connectivity index (χ1n) is 7.10. The summed E-state index contributed by atoms with van der Waals surface area (Å²) in [4.78, 5) is 6.48. The fraction of sp³-hybridized carbons (Fsp3) is 0.667. The van der Waals surface area contributed by atoms with Crippen LogP contribution in [0.25, 0.3) is 0 Å². The Labute approximate surface area is 116 Å². The summed E-state index contributed by atoms with van der Waals surface area (Å²) in [5, 5.41) is 0. The Morgan fingerprint density at radius 3 is 2.53 bits per heavy atom. The van der Waals surface area contributed by atoms with Gasteiger partial charge in [-0.2, -0.15) is 0 Å². The molecule has 1 heterocycles. The molecular weight excluding hydrogens is 236 g/mol. The highest BCUT2D eigenvalue weighted by Crippen LogP contribution is 2.43. The highest BCUT2D eigenvalue weighted by Gasteiger charge is 2.42. The van der Waals surface area contributed by atoms with Crippen molar-refractivity contribution in [3.8, 4) is 0 Å². The first-order valence-corrected chi connectivity index (χ1v) is 7.10. The average molecular weight is 262 g/mol. The highest BCUT2D eigenvalue weighted by molar-refractivity contribution is 5.47. The molecule has 2 rings (SSSR count). The largest absolute Gasteiger partial charge is 0.398 e. The van der Waals surface area contributed by atoms with E-state index in [1.165, 1.54) is 12.8 Å². The fourth-order valence-corrected chi connectivity index (χ4v) is 3.27. The molecule has 1 unspecified atom stereocenters. The molecule has 0 saturated heterocycles. The minimum Gasteiger partial charge on any atom is -0.398 e. The van der Waals surface area contributed by atoms with Crippen LogP contribution in [-0.4, -0.2) is 29.5 Å². The van der Waals surface area contributed by atoms with Crippen molar-refractivity contribution in [1.29, 1.82) is 0 Å². The van der Waals surface area contributed by atoms with Crippen LogP contribution in [-0.2, 0) is 0 Å². The van der Waals surface area contributed by atoms with Crippen LogP contribution in [0.2, 0.25) is 0 Å². The molecule has 0 spiro atoms. The Morgan fingerprint density at radius 1 is 1.37 bits per heavy atom. The summed E-state index contributed by atoms with van der Waals surface area (Å²) in [5.41, 5.74) is 14.4. The van der Waals surface area contributed by atoms with Crippen LogP contribution in [0, 0.1) is 5.92 Å². The number of hydrogen-bond donors (Lipinski definition) is 2. The first kappa shape index (κ1) is 14.3. The van der Waals surface area contributed by atoms with E-state index >= 15 is 0 Å². The maximum atomic E-state index is 6.59. The molecule has 0 bridgehead atoms. The van der Waals surface area contributed by atoms with Crippen LogP contribution in [0.1, 0.15) is 44.2 Å². The van der Waals surface area contributed by atoms with Crippen LogP contribution in [0.4, 0.5) is 5.69 Å². The van der Waals surface area contributed by atoms with Gasteiger partial charge in [-0.15, -0.1) is 0 Å². The smallest absolute Gasteiger partial charge is 0.0517 e. The number of pyridine rings is 1. The van der Waals surface area contributed by atoms with E-state index in [-0.39, 0.29) is 11.6 Å². The van der Waals surface area contributed by atoms with E-state index in [2.05, 4.69) is 30.9 Å². The Kier molecular flexibility index (Phi) is 4.11. The molecule has 1 aliphatic carbocycles. The molecule has 4 N–H and O–H groups in total. The van der Waals surface area contributed by atoms with Gasteiger partial charge in [0.15, 0.2) is 0 Å². The topological polar surface area (TPSA) is 68.2 Å². The lowest BCUT2D eigenvalue weighted by atomic mass is 9.70. The number of nitrogens with two attached hydrogens (primary N) is 2. The van der Waals surface area contributed by atoms with E-state index < -0.39 is 0 Å². The fourth-order valence-electron chi connectivity index (χ4n) is 3.27. The van der Waals surface area contributed by atoms with Crippen molar-refractivity contribution in [3.63, 3.8) is 0 Å². The summed E-state index contributed by atoms with van der Waals surface area (Å²) < 4.78 is 0. The minimum atomic E-state index is -0.0799. The Bertz CT molecular complexity index is 422. The summed E-state index contributed by atoms with van der Waals surface area (Å²) in [7, 11) is 4.25. The molecule has 1 saturated carbocycles. The van der Waals surface area contributed by atoms with Gasteiger partial charge in [0.2, 0.25) is 0 Å². The summed E-state index contributed by atoms with van der Waals surface area (Å²) in [6.45, 7) is 2.32. The standard InChI is InChI=1S/C15H26N4/c1-11-4-7-15(8-5-11,19(2)3)14(17)12-10-18-9-6-13(12)16/h6,9-11,14H,4-5,7-8,17H2,1-3H3,(H2,16,18). The minimum absolute atomic E-state index is 0.00363. The molecule has 4 nitrogen and oxygen atoms in total. The maximum Gasteiger partial charge on any atom is 0.0517 e. The second-order valence-corrected chi connectivity index (χ2v) is 6.16. The van der Waals surface area contributed by atoms with E-state index in [0.717, 1.165) is 30.0 Å². The summed E-state index contributed by atoms with van der Waals surface area (Å²) in [6.07, 6.45) is 8.24. The number of nitrogens with zero attached hydrogens (tertiary/aromatic N) is 2. The molecule has 1 fully saturated rings. The van der Waals surface area contributed by atoms with Gasteiger partial charge in [0.1, 0.15) is 0 Å². The molecular formula is C15H26N4. The van der Waals surface area contributed by atoms with Crippen molar-refractivity contribution in [2.45, 2.75) is 44.2 Å². The van der Waals surface area contributed by atoms with Gasteiger partial charge >= 0.3 is 0 Å². The highest BCUT2D eigenvalue weighted by atomic mass is 15.2. The molecule has 1 aliphatic rings. The van der Waals surface area contributed by atoms with Gasteiger partial charge < -0.3 is 16.4 Å². The van der Waals surface area contributed by atoms with E-state index in [0.29, 0.717) is 0 Å². The third kappa shape index (κ3) is 2.60. The Hall–Kier alpha value is -1.13. The lowest BCUT2D eigenvalue weighted by Crippen LogP contribution is -2.54. The summed E-state index contributed by atoms with van der Waals surface area (Å²) in [5.74, 6) is 0.798. The average Bonchev–Trinajstić information content (AvgIpc) is 2.39. The first-order chi connectivity index (χ1) is 8.97. The summed E-state index contributed by atoms with van der Waals surface area (Å²) >= 11 is 0. The van der Waals surface area contributed by atoms with Gasteiger partial charge in [0.05, 0.1) is 6.04 Å². The van der Waals surface area contributed by atoms with Gasteiger partial charge in [0, 0.05) is 29.2 Å². The predicted molar refractivity (Wildman–Crippen MR) is 79.6 cm³/mol. The Balaban J connectivity index is 2.32. The molecule has 1 aromatic rings. The lowest BCUT2D eigenvalue weighted by Gasteiger charge is -2.48. The second kappa shape index (κ2) is 5.47. The monoisotopic (exact) mass is 262 g/mol. The summed E-state index contributed by atoms with van der Waals surface area (Å²) in [6, 6.07) is 1.76. The van der Waals surface area contributed by atoms with Crippen molar-refractivity contribution >= 4 is 5.69 Å². The normalized spacial score (nSPS) is 29.4. The quantitative estimate of drug-likeness (QED) is 0.876. The van der Waals surface area contributed by atoms with Crippen LogP contribution >= 0.6 is 0 Å². The van der Waals surface area contributed by atoms with E-state index in [1.54, 1.807) is 6.20 Å². The number of likely N-dealkylation sites (N-methyl/N-ethyl adjacent to an activating group) is 1. The number of aromatic nitrogens is 1. The molecule has 1 aromatic heterocycles. The molecule has 19 heavy (non-hydrogen) atoms. The molecule has 0 aromatic carbocycles. The van der Waals surface area contributed by atoms with Crippen molar-refractivity contribution in [2.24, 2.45) is 11.7 Å². The van der Waals surface area contributed by atoms with Gasteiger partial charge in [-0.25, -0.2) is 0 Å². The molecule has 1 atom stereocenters. The Morgan fingerprint density at radius 2 is 2.00 bits per heavy atom. The van der Waals surface area contributed by atoms with Crippen LogP contribution < -0.4 is 11.5 Å². The van der Waals surface area contributed by atoms with Crippen molar-refractivity contribution in [2.75, 3.05) is 19.8 Å². The molecule has 0 amide bonds. The van der Waals surface area contributed by atoms with Crippen molar-refractivity contribution in [3.05, 3.63) is 24.0 Å². The number of rotatable bonds is 3. The van der Waals surface area contributed by atoms with Crippen LogP contribution in [0.15, 0.2) is 18.5 Å². The number of nitrogen functional groups attached to an aromatic ring is 1. The zero-order valence-corrected chi connectivity index (χ0v) is 12.3. The molecule has 0 aliphatic heterocycles. The third-order valence-corrected chi connectivity index (χ3v) is 4.83. The zero-order chi connectivity index (χ0) is 14.0. The van der Waals surface area contributed by atoms with Gasteiger partial charge in [-0.3, -0.25) is 4.98 Å². The van der Waals surface area contributed by atoms with Crippen LogP contribution in [0.5, 0.6) is 0 Å². The maximum absolute atomic E-state index is 6.59. The predicted octanol–water partition coefficient (Wildman–Crippen LogP) is 2.17. The van der Waals surface area contributed by atoms with E-state index in [1.807, 2.05) is 12.3 Å². The van der Waals surface area contributed by atoms with E-state index in [4.69, 9.17) is 11.5 Å². The van der Waals surface area contributed by atoms with Gasteiger partial charge in [-0.05, 0) is 51.8 Å². The molecule has 106 valence electrons. The zero-order valence-electron chi connectivity index (χ0n) is 12.3. The van der Waals surface area contributed by atoms with Gasteiger partial charge in [-0.1, -0.05) is 6.92 Å². The SMILES string of the molecule is CC1CCC(C(N)c2cnccc2N)(N(C)C)CC1. The number of hydrogen-bond acceptors (Lipinski definition) is 4. The van der Waals surface area contributed by atoms with Crippen molar-refractivity contribution < 1.29 is 0 Å². The van der Waals surface area contributed by atoms with Gasteiger partial charge in [0.25, 0.3) is 0 Å². The van der Waals surface area contributed by atoms with Crippen molar-refractivity contribution in [1.82, 2.24) is 9.88 Å². The van der Waals surface area contributed by atoms with Crippen LogP contribution in [0.3, 0.4) is 0 Å². The second-order valence-electron chi connectivity index (χ2n) is 6.16. The number of anilines is 1. The molecule has 4 heteroatoms. The molecule has 0 radical (unpaired) electrons.